The van der Waals surface area contributed by atoms with E-state index in [2.05, 4.69) is 30.8 Å². The molecule has 31 heavy (non-hydrogen) atoms. The lowest BCUT2D eigenvalue weighted by atomic mass is 10.1. The summed E-state index contributed by atoms with van der Waals surface area (Å²) in [5, 5.41) is 14.1. The number of nitrogens with zero attached hydrogens (tertiary/aromatic N) is 4. The van der Waals surface area contributed by atoms with Crippen molar-refractivity contribution in [2.24, 2.45) is 0 Å². The summed E-state index contributed by atoms with van der Waals surface area (Å²) >= 11 is 0. The largest absolute Gasteiger partial charge is 0.402 e. The van der Waals surface area contributed by atoms with E-state index >= 15 is 0 Å². The van der Waals surface area contributed by atoms with Crippen LogP contribution >= 0.6 is 0 Å². The standard InChI is InChI=1S/C20H25N7O3S.4H2/c1-12(2)31(28,29)15-7-5-13(6-8-15)16-11-23-18(21)17(25-16)19-26-27-20(30-19)24-14-4-3-9-22-10-14;;;;/h5-8,11-12,14,22H,3-4,9-10H2,1-2H3,(H2,21,23)(H,24,27);4*1H. The molecule has 1 unspecified atom stereocenters. The van der Waals surface area contributed by atoms with Crippen LogP contribution in [0, 0.1) is 0 Å². The number of piperidine rings is 1. The predicted molar refractivity (Wildman–Crippen MR) is 125 cm³/mol. The van der Waals surface area contributed by atoms with Crippen molar-refractivity contribution >= 4 is 21.7 Å². The van der Waals surface area contributed by atoms with Gasteiger partial charge in [-0.25, -0.2) is 18.4 Å². The third-order valence-corrected chi connectivity index (χ3v) is 7.32. The van der Waals surface area contributed by atoms with Gasteiger partial charge in [-0.3, -0.25) is 0 Å². The van der Waals surface area contributed by atoms with Gasteiger partial charge in [0.25, 0.3) is 5.89 Å². The van der Waals surface area contributed by atoms with Crippen LogP contribution in [-0.4, -0.2) is 53.0 Å². The summed E-state index contributed by atoms with van der Waals surface area (Å²) in [5.74, 6) is 0.328. The molecule has 0 amide bonds. The normalized spacial score (nSPS) is 17.1. The summed E-state index contributed by atoms with van der Waals surface area (Å²) in [6.07, 6.45) is 3.62. The van der Waals surface area contributed by atoms with Gasteiger partial charge in [-0.15, -0.1) is 5.10 Å². The molecule has 11 heteroatoms. The zero-order chi connectivity index (χ0) is 22.0. The summed E-state index contributed by atoms with van der Waals surface area (Å²) in [6.45, 7) is 5.15. The highest BCUT2D eigenvalue weighted by molar-refractivity contribution is 7.92. The maximum absolute atomic E-state index is 12.3. The van der Waals surface area contributed by atoms with Gasteiger partial charge in [0, 0.05) is 23.9 Å². The molecule has 1 atom stereocenters. The molecule has 1 aromatic carbocycles. The van der Waals surface area contributed by atoms with Gasteiger partial charge in [-0.1, -0.05) is 17.2 Å². The number of benzene rings is 1. The number of anilines is 2. The van der Waals surface area contributed by atoms with Gasteiger partial charge in [0.1, 0.15) is 0 Å². The third kappa shape index (κ3) is 4.52. The lowest BCUT2D eigenvalue weighted by molar-refractivity contribution is 0.465. The fraction of sp³-hybridized carbons (Fsp3) is 0.400. The second-order valence-corrected chi connectivity index (χ2v) is 10.2. The quantitative estimate of drug-likeness (QED) is 0.510. The van der Waals surface area contributed by atoms with Gasteiger partial charge in [-0.2, -0.15) is 0 Å². The SMILES string of the molecule is CC(C)S(=O)(=O)c1ccc(-c2cnc(N)c(-c3nnc(NC4CCCNC4)o3)n2)cc1.[HH].[HH].[HH].[HH]. The van der Waals surface area contributed by atoms with Gasteiger partial charge >= 0.3 is 6.01 Å². The Kier molecular flexibility index (Phi) is 5.88. The van der Waals surface area contributed by atoms with E-state index in [1.165, 1.54) is 6.20 Å². The van der Waals surface area contributed by atoms with Crippen LogP contribution in [0.4, 0.5) is 11.8 Å². The van der Waals surface area contributed by atoms with Crippen molar-refractivity contribution in [3.63, 3.8) is 0 Å². The zero-order valence-electron chi connectivity index (χ0n) is 17.4. The molecule has 3 heterocycles. The van der Waals surface area contributed by atoms with E-state index in [1.54, 1.807) is 38.1 Å². The van der Waals surface area contributed by atoms with Crippen molar-refractivity contribution in [2.45, 2.75) is 42.9 Å². The fourth-order valence-electron chi connectivity index (χ4n) is 3.31. The molecule has 10 nitrogen and oxygen atoms in total. The Morgan fingerprint density at radius 1 is 1.26 bits per heavy atom. The molecule has 0 saturated carbocycles. The number of rotatable bonds is 6. The highest BCUT2D eigenvalue weighted by atomic mass is 32.2. The minimum absolute atomic E-state index is 0. The molecule has 0 aliphatic carbocycles. The first-order valence-electron chi connectivity index (χ1n) is 10.1. The number of aromatic nitrogens is 4. The number of hydrogen-bond donors (Lipinski definition) is 3. The highest BCUT2D eigenvalue weighted by Crippen LogP contribution is 2.27. The van der Waals surface area contributed by atoms with Crippen molar-refractivity contribution in [3.8, 4) is 22.8 Å². The van der Waals surface area contributed by atoms with E-state index < -0.39 is 15.1 Å². The summed E-state index contributed by atoms with van der Waals surface area (Å²) in [7, 11) is -3.34. The molecule has 4 N–H and O–H groups in total. The van der Waals surface area contributed by atoms with E-state index in [0.717, 1.165) is 25.9 Å². The molecule has 1 aliphatic heterocycles. The van der Waals surface area contributed by atoms with Gasteiger partial charge in [-0.05, 0) is 45.4 Å². The maximum Gasteiger partial charge on any atom is 0.316 e. The lowest BCUT2D eigenvalue weighted by Crippen LogP contribution is -2.38. The van der Waals surface area contributed by atoms with Crippen LogP contribution < -0.4 is 16.4 Å². The molecule has 1 fully saturated rings. The number of nitrogens with two attached hydrogens (primary N) is 1. The molecule has 2 aromatic heterocycles. The minimum atomic E-state index is -3.34. The number of sulfone groups is 1. The lowest BCUT2D eigenvalue weighted by Gasteiger charge is -2.22. The van der Waals surface area contributed by atoms with Gasteiger partial charge < -0.3 is 20.8 Å². The molecule has 1 aliphatic rings. The first-order valence-corrected chi connectivity index (χ1v) is 11.7. The molecule has 172 valence electrons. The number of nitrogens with one attached hydrogen (secondary N) is 2. The van der Waals surface area contributed by atoms with Crippen LogP contribution in [0.15, 0.2) is 39.8 Å². The average molecular weight is 452 g/mol. The molecule has 0 spiro atoms. The van der Waals surface area contributed by atoms with Crippen LogP contribution in [0.3, 0.4) is 0 Å². The smallest absolute Gasteiger partial charge is 0.316 e. The molecule has 1 saturated heterocycles. The molecule has 0 radical (unpaired) electrons. The van der Waals surface area contributed by atoms with Crippen molar-refractivity contribution in [1.29, 1.82) is 0 Å². The maximum atomic E-state index is 12.3. The second kappa shape index (κ2) is 8.60. The Hall–Kier alpha value is -3.05. The van der Waals surface area contributed by atoms with E-state index in [9.17, 15) is 8.42 Å². The Morgan fingerprint density at radius 3 is 2.71 bits per heavy atom. The number of hydrogen-bond acceptors (Lipinski definition) is 10. The first kappa shape index (κ1) is 21.2. The molecule has 0 bridgehead atoms. The Labute approximate surface area is 186 Å². The monoisotopic (exact) mass is 451 g/mol. The van der Waals surface area contributed by atoms with Crippen LogP contribution in [-0.2, 0) is 9.84 Å². The zero-order valence-corrected chi connectivity index (χ0v) is 18.2. The topological polar surface area (TPSA) is 149 Å². The van der Waals surface area contributed by atoms with E-state index in [0.29, 0.717) is 17.3 Å². The van der Waals surface area contributed by atoms with Crippen molar-refractivity contribution in [1.82, 2.24) is 25.5 Å². The Morgan fingerprint density at radius 2 is 2.03 bits per heavy atom. The second-order valence-electron chi connectivity index (χ2n) is 7.71. The Balaban J connectivity index is 0.00000289. The predicted octanol–water partition coefficient (Wildman–Crippen LogP) is 3.11. The fourth-order valence-corrected chi connectivity index (χ4v) is 4.37. The van der Waals surface area contributed by atoms with Gasteiger partial charge in [0.05, 0.1) is 22.0 Å². The van der Waals surface area contributed by atoms with E-state index in [4.69, 9.17) is 10.2 Å². The molecule has 3 aromatic rings. The van der Waals surface area contributed by atoms with Crippen LogP contribution in [0.25, 0.3) is 22.8 Å². The van der Waals surface area contributed by atoms with Gasteiger partial charge in [0.2, 0.25) is 0 Å². The third-order valence-electron chi connectivity index (χ3n) is 5.15. The van der Waals surface area contributed by atoms with Crippen LogP contribution in [0.2, 0.25) is 0 Å². The van der Waals surface area contributed by atoms with Crippen LogP contribution in [0.5, 0.6) is 0 Å². The molecular formula is C20H33N7O3S. The highest BCUT2D eigenvalue weighted by Gasteiger charge is 2.21. The summed E-state index contributed by atoms with van der Waals surface area (Å²) in [6, 6.07) is 7.03. The number of nitrogen functional groups attached to an aromatic ring is 1. The van der Waals surface area contributed by atoms with Crippen molar-refractivity contribution < 1.29 is 18.5 Å². The van der Waals surface area contributed by atoms with E-state index in [1.807, 2.05) is 0 Å². The van der Waals surface area contributed by atoms with E-state index in [-0.39, 0.29) is 34.0 Å². The Bertz CT molecular complexity index is 1170. The summed E-state index contributed by atoms with van der Waals surface area (Å²) in [5.41, 5.74) is 7.49. The minimum Gasteiger partial charge on any atom is -0.402 e. The van der Waals surface area contributed by atoms with Crippen LogP contribution in [0.1, 0.15) is 32.4 Å². The summed E-state index contributed by atoms with van der Waals surface area (Å²) < 4.78 is 30.4. The van der Waals surface area contributed by atoms with Crippen molar-refractivity contribution in [2.75, 3.05) is 24.1 Å². The molecule has 4 rings (SSSR count). The van der Waals surface area contributed by atoms with Crippen molar-refractivity contribution in [3.05, 3.63) is 30.5 Å². The summed E-state index contributed by atoms with van der Waals surface area (Å²) in [4.78, 5) is 8.99. The van der Waals surface area contributed by atoms with Gasteiger partial charge in [0.15, 0.2) is 21.3 Å². The average Bonchev–Trinajstić information content (AvgIpc) is 3.23. The first-order chi connectivity index (χ1) is 14.8. The molecular weight excluding hydrogens is 418 g/mol.